The number of rotatable bonds is 1. The summed E-state index contributed by atoms with van der Waals surface area (Å²) in [6.45, 7) is 19.5. The number of aryl methyl sites for hydroxylation is 1. The maximum absolute atomic E-state index is 7.54. The summed E-state index contributed by atoms with van der Waals surface area (Å²) in [6, 6.07) is 29.2. The van der Waals surface area contributed by atoms with Crippen LogP contribution < -0.4 is 10.4 Å². The van der Waals surface area contributed by atoms with Crippen molar-refractivity contribution in [2.45, 2.75) is 66.2 Å². The minimum absolute atomic E-state index is 0.0702. The Morgan fingerprint density at radius 2 is 1.48 bits per heavy atom. The van der Waals surface area contributed by atoms with E-state index in [4.69, 9.17) is 7.85 Å². The number of anilines is 1. The van der Waals surface area contributed by atoms with Crippen LogP contribution in [0.2, 0.25) is 0 Å². The van der Waals surface area contributed by atoms with Crippen molar-refractivity contribution < 1.29 is 0 Å². The monoisotopic (exact) mass is 671 g/mol. The second-order valence-corrected chi connectivity index (χ2v) is 16.4. The van der Waals surface area contributed by atoms with Crippen molar-refractivity contribution >= 4 is 24.6 Å². The molecule has 0 fully saturated rings. The first kappa shape index (κ1) is 32.8. The first-order valence-electron chi connectivity index (χ1n) is 18.9. The fourth-order valence-corrected chi connectivity index (χ4v) is 10.0. The minimum Gasteiger partial charge on any atom is -0.337 e. The molecule has 0 saturated carbocycles. The molecule has 1 nitrogen and oxygen atoms in total. The van der Waals surface area contributed by atoms with Crippen LogP contribution in [-0.2, 0) is 5.41 Å². The molecule has 0 unspecified atom stereocenters. The van der Waals surface area contributed by atoms with E-state index in [0.29, 0.717) is 0 Å². The summed E-state index contributed by atoms with van der Waals surface area (Å²) in [5, 5.41) is 0. The van der Waals surface area contributed by atoms with Gasteiger partial charge < -0.3 is 4.90 Å². The largest absolute Gasteiger partial charge is 0.337 e. The van der Waals surface area contributed by atoms with E-state index in [-0.39, 0.29) is 10.8 Å². The van der Waals surface area contributed by atoms with Crippen LogP contribution in [0.1, 0.15) is 74.8 Å². The fourth-order valence-electron chi connectivity index (χ4n) is 10.0. The minimum atomic E-state index is -0.135. The van der Waals surface area contributed by atoms with Gasteiger partial charge in [0.1, 0.15) is 7.85 Å². The average Bonchev–Trinajstić information content (AvgIpc) is 3.70. The van der Waals surface area contributed by atoms with Crippen LogP contribution in [0.3, 0.4) is 0 Å². The van der Waals surface area contributed by atoms with E-state index in [2.05, 4.69) is 162 Å². The van der Waals surface area contributed by atoms with E-state index in [1.807, 2.05) is 0 Å². The number of allylic oxidation sites excluding steroid dienone is 8. The van der Waals surface area contributed by atoms with Gasteiger partial charge in [-0.1, -0.05) is 148 Å². The Balaban J connectivity index is 1.37. The van der Waals surface area contributed by atoms with Gasteiger partial charge in [0.2, 0.25) is 0 Å². The summed E-state index contributed by atoms with van der Waals surface area (Å²) in [7, 11) is 7.54. The first-order chi connectivity index (χ1) is 25.0. The van der Waals surface area contributed by atoms with Crippen molar-refractivity contribution in [3.05, 3.63) is 183 Å². The lowest BCUT2D eigenvalue weighted by Crippen LogP contribution is -2.28. The van der Waals surface area contributed by atoms with Gasteiger partial charge in [0, 0.05) is 23.1 Å². The fraction of sp³-hybridized carbons (Fsp3) is 0.240. The highest BCUT2D eigenvalue weighted by molar-refractivity contribution is 6.40. The number of nitrogens with zero attached hydrogens (tertiary/aromatic N) is 1. The molecule has 52 heavy (non-hydrogen) atoms. The Bertz CT molecular complexity index is 2450. The van der Waals surface area contributed by atoms with E-state index in [1.54, 1.807) is 5.57 Å². The summed E-state index contributed by atoms with van der Waals surface area (Å²) in [4.78, 5) is 2.53. The van der Waals surface area contributed by atoms with Crippen molar-refractivity contribution in [1.82, 2.24) is 0 Å². The van der Waals surface area contributed by atoms with Crippen LogP contribution in [0, 0.1) is 19.3 Å². The second-order valence-electron chi connectivity index (χ2n) is 16.4. The predicted octanol–water partition coefficient (Wildman–Crippen LogP) is 11.7. The van der Waals surface area contributed by atoms with Crippen LogP contribution in [0.4, 0.5) is 5.69 Å². The Hall–Kier alpha value is -5.08. The van der Waals surface area contributed by atoms with Crippen molar-refractivity contribution in [3.8, 4) is 22.3 Å². The predicted molar refractivity (Wildman–Crippen MR) is 222 cm³/mol. The molecule has 0 atom stereocenters. The summed E-state index contributed by atoms with van der Waals surface area (Å²) >= 11 is 0. The van der Waals surface area contributed by atoms with Crippen LogP contribution in [0.25, 0.3) is 27.8 Å². The van der Waals surface area contributed by atoms with Crippen LogP contribution >= 0.6 is 0 Å². The number of fused-ring (bicyclic) bond motifs is 14. The summed E-state index contributed by atoms with van der Waals surface area (Å²) in [6.07, 6.45) is 14.6. The molecule has 6 bridgehead atoms. The molecule has 3 aliphatic carbocycles. The van der Waals surface area contributed by atoms with Gasteiger partial charge in [-0.15, -0.1) is 0 Å². The Morgan fingerprint density at radius 3 is 2.29 bits per heavy atom. The lowest BCUT2D eigenvalue weighted by molar-refractivity contribution is 0.530. The zero-order chi connectivity index (χ0) is 36.1. The van der Waals surface area contributed by atoms with Crippen LogP contribution in [-0.4, -0.2) is 14.4 Å². The molecule has 4 aromatic rings. The summed E-state index contributed by atoms with van der Waals surface area (Å²) in [5.41, 5.74) is 23.8. The maximum Gasteiger partial charge on any atom is 0.117 e. The molecule has 2 heterocycles. The van der Waals surface area contributed by atoms with Gasteiger partial charge in [0.05, 0.1) is 5.70 Å². The molecule has 5 aliphatic rings. The van der Waals surface area contributed by atoms with E-state index in [0.717, 1.165) is 48.1 Å². The third-order valence-corrected chi connectivity index (χ3v) is 12.7. The highest BCUT2D eigenvalue weighted by Crippen LogP contribution is 2.58. The molecule has 2 heteroatoms. The first-order valence-corrected chi connectivity index (χ1v) is 18.9. The van der Waals surface area contributed by atoms with Gasteiger partial charge in [-0.3, -0.25) is 0 Å². The Labute approximate surface area is 311 Å². The number of hydrogen-bond donors (Lipinski definition) is 0. The highest BCUT2D eigenvalue weighted by atomic mass is 15.2. The third kappa shape index (κ3) is 4.69. The molecule has 254 valence electrons. The Kier molecular flexibility index (Phi) is 7.39. The van der Waals surface area contributed by atoms with Gasteiger partial charge in [-0.2, -0.15) is 0 Å². The number of hydrogen-bond acceptors (Lipinski definition) is 1. The van der Waals surface area contributed by atoms with Gasteiger partial charge in [-0.05, 0) is 123 Å². The quantitative estimate of drug-likeness (QED) is 0.182. The van der Waals surface area contributed by atoms with Crippen molar-refractivity contribution in [1.29, 1.82) is 0 Å². The zero-order valence-electron chi connectivity index (χ0n) is 31.5. The van der Waals surface area contributed by atoms with Gasteiger partial charge in [0.15, 0.2) is 0 Å². The molecular weight excluding hydrogens is 625 g/mol. The molecule has 2 aliphatic heterocycles. The Morgan fingerprint density at radius 1 is 0.750 bits per heavy atom. The normalized spacial score (nSPS) is 21.2. The molecule has 0 N–H and O–H groups in total. The average molecular weight is 672 g/mol. The summed E-state index contributed by atoms with van der Waals surface area (Å²) < 4.78 is 0. The van der Waals surface area contributed by atoms with E-state index >= 15 is 0 Å². The van der Waals surface area contributed by atoms with Gasteiger partial charge in [0.25, 0.3) is 0 Å². The van der Waals surface area contributed by atoms with Gasteiger partial charge in [-0.25, -0.2) is 0 Å². The molecule has 4 aromatic carbocycles. The smallest absolute Gasteiger partial charge is 0.117 e. The van der Waals surface area contributed by atoms with E-state index in [1.165, 1.54) is 78.1 Å². The molecule has 0 aromatic heterocycles. The van der Waals surface area contributed by atoms with Crippen molar-refractivity contribution in [3.63, 3.8) is 0 Å². The second kappa shape index (κ2) is 11.7. The zero-order valence-corrected chi connectivity index (χ0v) is 31.5. The number of benzene rings is 4. The third-order valence-electron chi connectivity index (χ3n) is 12.7. The summed E-state index contributed by atoms with van der Waals surface area (Å²) in [5.74, 6) is 0. The van der Waals surface area contributed by atoms with Gasteiger partial charge >= 0.3 is 0 Å². The SMILES string of the molecule is [B]c1c2cc(-c3ccccc3C)cc1N1C/C(=C\C=C/C(=C)CC3=C(c4ccccc4C3(C)C)c3cccc-2c3C)C2=C1C1=C(CCC=C1)C2(C)C. The molecule has 0 spiro atoms. The van der Waals surface area contributed by atoms with E-state index < -0.39 is 0 Å². The van der Waals surface area contributed by atoms with Crippen molar-refractivity contribution in [2.24, 2.45) is 5.41 Å². The van der Waals surface area contributed by atoms with Crippen LogP contribution in [0.5, 0.6) is 0 Å². The highest BCUT2D eigenvalue weighted by Gasteiger charge is 2.47. The molecular formula is C50H46BN. The maximum atomic E-state index is 7.54. The molecule has 0 saturated heterocycles. The standard InChI is InChI=1S/C50H46BN/c1-30-16-14-18-33-29-52(48-39-21-11-13-25-42(39)50(6,7)46(33)48)44-28-34(35-19-9-8-17-31(35)2)27-40(47(44)51)36-22-15-23-37(32(36)3)45-38-20-10-12-24-41(38)49(4,5)43(45)26-30/h8-12,14-24,27-28H,1,13,25-26,29H2,2-7H3/b16-14-,33-18+. The molecule has 0 amide bonds. The topological polar surface area (TPSA) is 3.24 Å². The molecule has 9 rings (SSSR count). The van der Waals surface area contributed by atoms with Crippen LogP contribution in [0.15, 0.2) is 155 Å². The van der Waals surface area contributed by atoms with Crippen molar-refractivity contribution in [2.75, 3.05) is 11.4 Å². The lowest BCUT2D eigenvalue weighted by atomic mass is 9.75. The lowest BCUT2D eigenvalue weighted by Gasteiger charge is -2.31. The van der Waals surface area contributed by atoms with E-state index in [9.17, 15) is 0 Å². The molecule has 2 radical (unpaired) electrons.